The molecule has 1 amide bonds. The predicted molar refractivity (Wildman–Crippen MR) is 242 cm³/mol. The van der Waals surface area contributed by atoms with E-state index in [0.29, 0.717) is 23.7 Å². The number of aromatic amines is 1. The van der Waals surface area contributed by atoms with Gasteiger partial charge in [-0.3, -0.25) is 14.8 Å². The van der Waals surface area contributed by atoms with Gasteiger partial charge in [-0.05, 0) is 122 Å². The summed E-state index contributed by atoms with van der Waals surface area (Å²) in [5.41, 5.74) is 5.39. The van der Waals surface area contributed by atoms with Gasteiger partial charge in [0.05, 0.1) is 41.1 Å². The Bertz CT molecular complexity index is 2640. The first kappa shape index (κ1) is 42.6. The summed E-state index contributed by atoms with van der Waals surface area (Å²) in [5, 5.41) is 19.1. The number of rotatable bonds is 12. The molecule has 62 heavy (non-hydrogen) atoms. The van der Waals surface area contributed by atoms with Crippen LogP contribution in [0.5, 0.6) is 17.4 Å². The third-order valence-corrected chi connectivity index (χ3v) is 15.4. The van der Waals surface area contributed by atoms with Crippen molar-refractivity contribution >= 4 is 61.3 Å². The number of hydrogen-bond acceptors (Lipinski definition) is 10. The van der Waals surface area contributed by atoms with Crippen LogP contribution in [0.2, 0.25) is 10.0 Å². The number of piperazine rings is 1. The van der Waals surface area contributed by atoms with Crippen LogP contribution in [0.25, 0.3) is 16.5 Å². The quantitative estimate of drug-likeness (QED) is 0.111. The topological polar surface area (TPSA) is 150 Å². The molecule has 2 bridgehead atoms. The average molecular weight is 900 g/mol. The summed E-state index contributed by atoms with van der Waals surface area (Å²) < 4.78 is 41.9. The Morgan fingerprint density at radius 3 is 2.50 bits per heavy atom. The summed E-state index contributed by atoms with van der Waals surface area (Å²) in [6.45, 7) is 11.1. The van der Waals surface area contributed by atoms with Gasteiger partial charge in [0.25, 0.3) is 15.9 Å². The lowest BCUT2D eigenvalue weighted by atomic mass is 9.72. The van der Waals surface area contributed by atoms with Gasteiger partial charge in [0.15, 0.2) is 0 Å². The molecule has 2 saturated carbocycles. The highest BCUT2D eigenvalue weighted by Gasteiger charge is 2.51. The fraction of sp³-hybridized carbons (Fsp3) is 0.426. The smallest absolute Gasteiger partial charge is 0.268 e. The van der Waals surface area contributed by atoms with Crippen LogP contribution in [0.3, 0.4) is 0 Å². The third-order valence-electron chi connectivity index (χ3n) is 13.6. The second-order valence-corrected chi connectivity index (χ2v) is 21.0. The van der Waals surface area contributed by atoms with Gasteiger partial charge in [-0.2, -0.15) is 5.10 Å². The number of anilines is 1. The molecule has 9 rings (SSSR count). The summed E-state index contributed by atoms with van der Waals surface area (Å²) in [6, 6.07) is 20.1. The molecule has 3 aromatic carbocycles. The second-order valence-electron chi connectivity index (χ2n) is 18.5. The molecule has 3 fully saturated rings. The molecule has 4 aliphatic rings. The standard InChI is InChI=1S/C47H52Cl2N6O6S/c1-46(2)14-13-30(38(24-46)29-7-9-34(48)10-8-29)27-54-15-17-55(18-16-54)35-11-12-37(43(21-35)61-42-6-4-5-41-39(42)26-51-52-41)44(56)53-62(58,59)36-22-40(49)45(50-25-36)60-28-32-20-33-19-31(32)23-47(33,3)57/h4-12,21-22,25-26,31-33,57H,13-20,23-24,27-28H2,1-3H3,(H,51,52)(H,53,56)/t31-,32+,33-,47-/m1/s1. The van der Waals surface area contributed by atoms with Crippen LogP contribution in [0.4, 0.5) is 5.69 Å². The molecule has 3 heterocycles. The van der Waals surface area contributed by atoms with Crippen molar-refractivity contribution < 1.29 is 27.8 Å². The number of hydrogen-bond donors (Lipinski definition) is 3. The van der Waals surface area contributed by atoms with Gasteiger partial charge in [-0.15, -0.1) is 0 Å². The van der Waals surface area contributed by atoms with Gasteiger partial charge >= 0.3 is 0 Å². The zero-order valence-electron chi connectivity index (χ0n) is 35.2. The first-order chi connectivity index (χ1) is 29.6. The summed E-state index contributed by atoms with van der Waals surface area (Å²) in [7, 11) is -4.42. The molecule has 0 unspecified atom stereocenters. The van der Waals surface area contributed by atoms with E-state index in [4.69, 9.17) is 32.7 Å². The minimum absolute atomic E-state index is 0.0126. The molecule has 0 spiro atoms. The van der Waals surface area contributed by atoms with Crippen LogP contribution in [-0.4, -0.2) is 84.4 Å². The Kier molecular flexibility index (Phi) is 11.6. The highest BCUT2D eigenvalue weighted by atomic mass is 35.5. The lowest BCUT2D eigenvalue weighted by Crippen LogP contribution is -2.47. The van der Waals surface area contributed by atoms with Crippen molar-refractivity contribution in [2.75, 3.05) is 44.2 Å². The number of fused-ring (bicyclic) bond motifs is 3. The maximum Gasteiger partial charge on any atom is 0.268 e. The molecule has 15 heteroatoms. The molecule has 12 nitrogen and oxygen atoms in total. The minimum Gasteiger partial charge on any atom is -0.476 e. The van der Waals surface area contributed by atoms with E-state index >= 15 is 0 Å². The van der Waals surface area contributed by atoms with E-state index in [1.165, 1.54) is 22.8 Å². The average Bonchev–Trinajstić information content (AvgIpc) is 3.96. The monoisotopic (exact) mass is 898 g/mol. The van der Waals surface area contributed by atoms with E-state index in [9.17, 15) is 18.3 Å². The van der Waals surface area contributed by atoms with Crippen LogP contribution in [0.15, 0.2) is 89.6 Å². The normalized spacial score (nSPS) is 23.8. The first-order valence-electron chi connectivity index (χ1n) is 21.4. The van der Waals surface area contributed by atoms with Crippen LogP contribution in [-0.2, 0) is 10.0 Å². The molecule has 1 saturated heterocycles. The van der Waals surface area contributed by atoms with Crippen molar-refractivity contribution in [2.45, 2.75) is 69.8 Å². The maximum atomic E-state index is 14.0. The van der Waals surface area contributed by atoms with Crippen LogP contribution in [0.1, 0.15) is 75.2 Å². The van der Waals surface area contributed by atoms with Gasteiger partial charge in [0, 0.05) is 49.5 Å². The number of aliphatic hydroxyl groups is 1. The molecule has 326 valence electrons. The van der Waals surface area contributed by atoms with Crippen LogP contribution in [0, 0.1) is 23.2 Å². The number of carbonyl (C=O) groups is 1. The van der Waals surface area contributed by atoms with E-state index in [1.807, 2.05) is 37.3 Å². The molecule has 3 aliphatic carbocycles. The molecule has 0 radical (unpaired) electrons. The number of aromatic nitrogens is 3. The van der Waals surface area contributed by atoms with Crippen molar-refractivity contribution in [2.24, 2.45) is 23.2 Å². The highest BCUT2D eigenvalue weighted by Crippen LogP contribution is 2.53. The van der Waals surface area contributed by atoms with Gasteiger partial charge in [0.2, 0.25) is 5.88 Å². The Labute approximate surface area is 372 Å². The number of nitrogens with one attached hydrogen (secondary N) is 2. The summed E-state index contributed by atoms with van der Waals surface area (Å²) in [5.74, 6) is 0.762. The van der Waals surface area contributed by atoms with Gasteiger partial charge < -0.3 is 19.5 Å². The third kappa shape index (κ3) is 8.92. The van der Waals surface area contributed by atoms with Crippen molar-refractivity contribution in [1.29, 1.82) is 0 Å². The number of pyridine rings is 1. The number of allylic oxidation sites excluding steroid dienone is 1. The zero-order valence-corrected chi connectivity index (χ0v) is 37.5. The minimum atomic E-state index is -4.42. The molecular weight excluding hydrogens is 848 g/mol. The number of benzene rings is 3. The number of sulfonamides is 1. The zero-order chi connectivity index (χ0) is 43.4. The van der Waals surface area contributed by atoms with Crippen molar-refractivity contribution in [1.82, 2.24) is 24.8 Å². The summed E-state index contributed by atoms with van der Waals surface area (Å²) in [6.07, 6.45) is 8.58. The Hall–Kier alpha value is -4.66. The van der Waals surface area contributed by atoms with Gasteiger partial charge in [-0.25, -0.2) is 18.1 Å². The molecule has 3 N–H and O–H groups in total. The number of carbonyl (C=O) groups excluding carboxylic acids is 1. The molecule has 4 atom stereocenters. The number of amides is 1. The lowest BCUT2D eigenvalue weighted by molar-refractivity contribution is -0.0121. The predicted octanol–water partition coefficient (Wildman–Crippen LogP) is 9.14. The van der Waals surface area contributed by atoms with Crippen molar-refractivity contribution in [3.63, 3.8) is 0 Å². The number of ether oxygens (including phenoxy) is 2. The van der Waals surface area contributed by atoms with E-state index in [-0.39, 0.29) is 44.4 Å². The van der Waals surface area contributed by atoms with Crippen molar-refractivity contribution in [3.8, 4) is 17.4 Å². The molecule has 5 aromatic rings. The number of H-pyrrole nitrogens is 1. The lowest BCUT2D eigenvalue weighted by Gasteiger charge is -2.39. The Morgan fingerprint density at radius 1 is 0.984 bits per heavy atom. The summed E-state index contributed by atoms with van der Waals surface area (Å²) >= 11 is 12.8. The molecule has 2 aromatic heterocycles. The SMILES string of the molecule is CC1(C)CCC(CN2CCN(c3ccc(C(=O)NS(=O)(=O)c4cnc(OC[C@@H]5C[C@H]6C[C@@H]5C[C@@]6(C)O)c(Cl)c4)c(Oc4cccc5[nH]ncc45)c3)CC2)=C(c2ccc(Cl)cc2)C1. The fourth-order valence-corrected chi connectivity index (χ4v) is 11.3. The maximum absolute atomic E-state index is 14.0. The molecular formula is C47H52Cl2N6O6S. The largest absolute Gasteiger partial charge is 0.476 e. The first-order valence-corrected chi connectivity index (χ1v) is 23.6. The van der Waals surface area contributed by atoms with E-state index < -0.39 is 21.5 Å². The number of nitrogens with zero attached hydrogens (tertiary/aromatic N) is 4. The molecule has 1 aliphatic heterocycles. The highest BCUT2D eigenvalue weighted by molar-refractivity contribution is 7.90. The van der Waals surface area contributed by atoms with E-state index in [0.717, 1.165) is 93.7 Å². The van der Waals surface area contributed by atoms with Crippen LogP contribution < -0.4 is 19.1 Å². The van der Waals surface area contributed by atoms with Gasteiger partial charge in [-0.1, -0.05) is 60.8 Å². The Balaban J connectivity index is 0.905. The van der Waals surface area contributed by atoms with E-state index in [2.05, 4.69) is 55.7 Å². The van der Waals surface area contributed by atoms with Crippen LogP contribution >= 0.6 is 23.2 Å². The number of halogens is 2. The van der Waals surface area contributed by atoms with Gasteiger partial charge in [0.1, 0.15) is 21.4 Å². The fourth-order valence-electron chi connectivity index (χ4n) is 9.98. The van der Waals surface area contributed by atoms with Crippen molar-refractivity contribution in [3.05, 3.63) is 106 Å². The Morgan fingerprint density at radius 2 is 1.77 bits per heavy atom. The summed E-state index contributed by atoms with van der Waals surface area (Å²) in [4.78, 5) is 22.7. The van der Waals surface area contributed by atoms with E-state index in [1.54, 1.807) is 24.4 Å². The second kappa shape index (κ2) is 16.8.